The fraction of sp³-hybridized carbons (Fsp3) is 0.455. The minimum atomic E-state index is 0.0369. The van der Waals surface area contributed by atoms with Gasteiger partial charge in [-0.2, -0.15) is 0 Å². The molecule has 0 spiro atoms. The number of nitrogens with zero attached hydrogens (tertiary/aromatic N) is 1. The third kappa shape index (κ3) is 6.28. The average molecular weight is 341 g/mol. The summed E-state index contributed by atoms with van der Waals surface area (Å²) in [5.74, 6) is 0.586. The van der Waals surface area contributed by atoms with Gasteiger partial charge in [0.05, 0.1) is 6.10 Å². The summed E-state index contributed by atoms with van der Waals surface area (Å²) in [4.78, 5) is 2.52. The van der Waals surface area contributed by atoms with E-state index in [1.807, 2.05) is 0 Å². The van der Waals surface area contributed by atoms with Crippen molar-refractivity contribution in [3.63, 3.8) is 0 Å². The fourth-order valence-electron chi connectivity index (χ4n) is 3.36. The molecule has 0 saturated heterocycles. The Labute approximate surface area is 152 Å². The summed E-state index contributed by atoms with van der Waals surface area (Å²) < 4.78 is 5.75. The van der Waals surface area contributed by atoms with Crippen LogP contribution < -0.4 is 5.73 Å². The lowest BCUT2D eigenvalue weighted by Crippen LogP contribution is -2.47. The van der Waals surface area contributed by atoms with Gasteiger partial charge in [0, 0.05) is 32.8 Å². The Balaban J connectivity index is 2.28. The lowest BCUT2D eigenvalue weighted by atomic mass is 9.96. The fourth-order valence-corrected chi connectivity index (χ4v) is 3.36. The van der Waals surface area contributed by atoms with Crippen molar-refractivity contribution < 1.29 is 4.74 Å². The van der Waals surface area contributed by atoms with Gasteiger partial charge in [0.15, 0.2) is 0 Å². The van der Waals surface area contributed by atoms with Crippen molar-refractivity contribution in [2.45, 2.75) is 45.5 Å². The highest BCUT2D eigenvalue weighted by molar-refractivity contribution is 5.17. The van der Waals surface area contributed by atoms with E-state index in [0.717, 1.165) is 19.5 Å². The highest BCUT2D eigenvalue weighted by Crippen LogP contribution is 2.22. The van der Waals surface area contributed by atoms with Crippen molar-refractivity contribution in [2.24, 2.45) is 11.7 Å². The molecule has 0 amide bonds. The van der Waals surface area contributed by atoms with Crippen molar-refractivity contribution in [3.8, 4) is 0 Å². The van der Waals surface area contributed by atoms with Gasteiger partial charge in [-0.1, -0.05) is 74.5 Å². The van der Waals surface area contributed by atoms with Crippen molar-refractivity contribution in [3.05, 3.63) is 71.8 Å². The monoisotopic (exact) mass is 340 g/mol. The Bertz CT molecular complexity index is 540. The van der Waals surface area contributed by atoms with E-state index in [2.05, 4.69) is 79.4 Å². The number of hydrogen-bond acceptors (Lipinski definition) is 3. The van der Waals surface area contributed by atoms with Crippen LogP contribution in [0.3, 0.4) is 0 Å². The van der Waals surface area contributed by atoms with E-state index in [0.29, 0.717) is 12.5 Å². The van der Waals surface area contributed by atoms with Gasteiger partial charge in [0.1, 0.15) is 0 Å². The first kappa shape index (κ1) is 19.6. The molecule has 0 fully saturated rings. The molecule has 0 radical (unpaired) electrons. The van der Waals surface area contributed by atoms with Gasteiger partial charge >= 0.3 is 0 Å². The van der Waals surface area contributed by atoms with E-state index in [1.54, 1.807) is 7.11 Å². The third-order valence-electron chi connectivity index (χ3n) is 4.60. The summed E-state index contributed by atoms with van der Waals surface area (Å²) in [7, 11) is 1.77. The smallest absolute Gasteiger partial charge is 0.0848 e. The minimum Gasteiger partial charge on any atom is -0.379 e. The molecule has 136 valence electrons. The van der Waals surface area contributed by atoms with Crippen LogP contribution in [0.2, 0.25) is 0 Å². The number of rotatable bonds is 10. The van der Waals surface area contributed by atoms with Gasteiger partial charge in [-0.3, -0.25) is 4.90 Å². The summed E-state index contributed by atoms with van der Waals surface area (Å²) >= 11 is 0. The molecule has 0 aromatic heterocycles. The second kappa shape index (κ2) is 10.3. The molecule has 0 heterocycles. The van der Waals surface area contributed by atoms with Crippen molar-refractivity contribution in [2.75, 3.05) is 13.7 Å². The zero-order valence-corrected chi connectivity index (χ0v) is 15.8. The third-order valence-corrected chi connectivity index (χ3v) is 4.60. The Kier molecular flexibility index (Phi) is 8.13. The van der Waals surface area contributed by atoms with Crippen molar-refractivity contribution in [1.29, 1.82) is 0 Å². The molecular weight excluding hydrogens is 308 g/mol. The van der Waals surface area contributed by atoms with Crippen LogP contribution in [0, 0.1) is 5.92 Å². The molecule has 25 heavy (non-hydrogen) atoms. The van der Waals surface area contributed by atoms with E-state index in [-0.39, 0.29) is 12.1 Å². The zero-order valence-electron chi connectivity index (χ0n) is 15.8. The molecule has 0 bridgehead atoms. The van der Waals surface area contributed by atoms with Crippen LogP contribution in [0.15, 0.2) is 60.7 Å². The zero-order chi connectivity index (χ0) is 18.1. The van der Waals surface area contributed by atoms with Crippen LogP contribution in [-0.4, -0.2) is 30.7 Å². The summed E-state index contributed by atoms with van der Waals surface area (Å²) in [6.07, 6.45) is 1.10. The van der Waals surface area contributed by atoms with E-state index in [9.17, 15) is 0 Å². The number of nitrogens with two attached hydrogens (primary N) is 1. The van der Waals surface area contributed by atoms with Gasteiger partial charge in [-0.15, -0.1) is 0 Å². The Morgan fingerprint density at radius 3 is 1.72 bits per heavy atom. The summed E-state index contributed by atoms with van der Waals surface area (Å²) in [6.45, 7) is 6.85. The first-order chi connectivity index (χ1) is 12.1. The molecular formula is C22H32N2O. The van der Waals surface area contributed by atoms with Gasteiger partial charge in [0.25, 0.3) is 0 Å². The van der Waals surface area contributed by atoms with Crippen LogP contribution in [0.25, 0.3) is 0 Å². The van der Waals surface area contributed by atoms with E-state index >= 15 is 0 Å². The van der Waals surface area contributed by atoms with Gasteiger partial charge < -0.3 is 10.5 Å². The highest BCUT2D eigenvalue weighted by Gasteiger charge is 2.27. The van der Waals surface area contributed by atoms with E-state index < -0.39 is 0 Å². The first-order valence-electron chi connectivity index (χ1n) is 9.18. The van der Waals surface area contributed by atoms with Crippen LogP contribution in [0.5, 0.6) is 0 Å². The van der Waals surface area contributed by atoms with Crippen LogP contribution in [0.1, 0.15) is 31.4 Å². The molecule has 3 heteroatoms. The lowest BCUT2D eigenvalue weighted by Gasteiger charge is -2.37. The Morgan fingerprint density at radius 2 is 1.36 bits per heavy atom. The normalized spacial score (nSPS) is 14.0. The van der Waals surface area contributed by atoms with Crippen LogP contribution in [-0.2, 0) is 17.8 Å². The SMILES string of the molecule is COC(CN)[C@H](CC(C)C)N(Cc1ccccc1)Cc1ccccc1. The first-order valence-corrected chi connectivity index (χ1v) is 9.18. The number of benzene rings is 2. The molecule has 2 atom stereocenters. The van der Waals surface area contributed by atoms with Gasteiger partial charge in [-0.05, 0) is 23.5 Å². The molecule has 2 aromatic rings. The average Bonchev–Trinajstić information content (AvgIpc) is 2.63. The van der Waals surface area contributed by atoms with E-state index in [1.165, 1.54) is 11.1 Å². The molecule has 2 rings (SSSR count). The standard InChI is InChI=1S/C22H32N2O/c1-18(2)14-21(22(15-23)25-3)24(16-19-10-6-4-7-11-19)17-20-12-8-5-9-13-20/h4-13,18,21-22H,14-17,23H2,1-3H3/t21-,22?/m0/s1. The molecule has 2 aromatic carbocycles. The van der Waals surface area contributed by atoms with Gasteiger partial charge in [0.2, 0.25) is 0 Å². The predicted octanol–water partition coefficient (Wildman–Crippen LogP) is 4.08. The Morgan fingerprint density at radius 1 is 0.880 bits per heavy atom. The molecule has 1 unspecified atom stereocenters. The number of methoxy groups -OCH3 is 1. The largest absolute Gasteiger partial charge is 0.379 e. The highest BCUT2D eigenvalue weighted by atomic mass is 16.5. The summed E-state index contributed by atoms with van der Waals surface area (Å²) in [5, 5.41) is 0. The molecule has 0 saturated carbocycles. The van der Waals surface area contributed by atoms with Crippen molar-refractivity contribution >= 4 is 0 Å². The molecule has 0 aliphatic heterocycles. The molecule has 0 aliphatic carbocycles. The molecule has 2 N–H and O–H groups in total. The molecule has 0 aliphatic rings. The molecule has 3 nitrogen and oxygen atoms in total. The predicted molar refractivity (Wildman–Crippen MR) is 105 cm³/mol. The van der Waals surface area contributed by atoms with Crippen LogP contribution in [0.4, 0.5) is 0 Å². The second-order valence-corrected chi connectivity index (χ2v) is 7.08. The summed E-state index contributed by atoms with van der Waals surface area (Å²) in [5.41, 5.74) is 8.67. The quantitative estimate of drug-likeness (QED) is 0.708. The number of hydrogen-bond donors (Lipinski definition) is 1. The maximum Gasteiger partial charge on any atom is 0.0848 e. The lowest BCUT2D eigenvalue weighted by molar-refractivity contribution is 0.00286. The summed E-state index contributed by atoms with van der Waals surface area (Å²) in [6, 6.07) is 21.6. The second-order valence-electron chi connectivity index (χ2n) is 7.08. The van der Waals surface area contributed by atoms with Gasteiger partial charge in [-0.25, -0.2) is 0 Å². The van der Waals surface area contributed by atoms with Crippen molar-refractivity contribution in [1.82, 2.24) is 4.90 Å². The Hall–Kier alpha value is -1.68. The maximum absolute atomic E-state index is 6.03. The maximum atomic E-state index is 6.03. The number of ether oxygens (including phenoxy) is 1. The van der Waals surface area contributed by atoms with E-state index in [4.69, 9.17) is 10.5 Å². The minimum absolute atomic E-state index is 0.0369. The topological polar surface area (TPSA) is 38.5 Å². The van der Waals surface area contributed by atoms with Crippen LogP contribution >= 0.6 is 0 Å².